The number of esters is 2. The SMILES string of the molecule is CCN(C[C@@H](CNC(=O)[C@@H]1CCCN1C(=O)OC(C)(C)C)C(=O)OC(C)(C)C)C(=O)N[C@@H](Cc1ccccc1)C(=O)OC(C)(C)C. The van der Waals surface area contributed by atoms with Crippen LogP contribution in [0.4, 0.5) is 9.59 Å². The first kappa shape index (κ1) is 38.4. The van der Waals surface area contributed by atoms with Crippen LogP contribution in [0.15, 0.2) is 30.3 Å². The van der Waals surface area contributed by atoms with Crippen LogP contribution in [0.1, 0.15) is 87.6 Å². The molecule has 0 spiro atoms. The van der Waals surface area contributed by atoms with Crippen LogP contribution in [0, 0.1) is 5.92 Å². The molecule has 12 nitrogen and oxygen atoms in total. The summed E-state index contributed by atoms with van der Waals surface area (Å²) in [5.41, 5.74) is -1.45. The summed E-state index contributed by atoms with van der Waals surface area (Å²) < 4.78 is 16.7. The van der Waals surface area contributed by atoms with Gasteiger partial charge in [-0.2, -0.15) is 0 Å². The van der Waals surface area contributed by atoms with Gasteiger partial charge >= 0.3 is 24.1 Å². The number of urea groups is 1. The van der Waals surface area contributed by atoms with Gasteiger partial charge in [0, 0.05) is 32.6 Å². The van der Waals surface area contributed by atoms with E-state index in [1.165, 1.54) is 9.80 Å². The summed E-state index contributed by atoms with van der Waals surface area (Å²) in [6, 6.07) is 6.98. The van der Waals surface area contributed by atoms with Gasteiger partial charge in [0.2, 0.25) is 5.91 Å². The van der Waals surface area contributed by atoms with Crippen molar-refractivity contribution in [1.82, 2.24) is 20.4 Å². The molecule has 0 unspecified atom stereocenters. The number of rotatable bonds is 11. The Balaban J connectivity index is 2.21. The lowest BCUT2D eigenvalue weighted by atomic mass is 10.1. The normalized spacial score (nSPS) is 16.6. The van der Waals surface area contributed by atoms with Gasteiger partial charge in [0.25, 0.3) is 0 Å². The van der Waals surface area contributed by atoms with Gasteiger partial charge in [-0.1, -0.05) is 30.3 Å². The van der Waals surface area contributed by atoms with Gasteiger partial charge in [0.15, 0.2) is 0 Å². The Bertz CT molecular complexity index is 1200. The highest BCUT2D eigenvalue weighted by Crippen LogP contribution is 2.21. The fraction of sp³-hybridized carbons (Fsp3) is 0.676. The molecule has 46 heavy (non-hydrogen) atoms. The lowest BCUT2D eigenvalue weighted by Gasteiger charge is -2.31. The maximum absolute atomic E-state index is 13.6. The first-order valence-corrected chi connectivity index (χ1v) is 16.0. The zero-order chi connectivity index (χ0) is 34.9. The predicted octanol–water partition coefficient (Wildman–Crippen LogP) is 4.44. The van der Waals surface area contributed by atoms with E-state index in [2.05, 4.69) is 10.6 Å². The van der Waals surface area contributed by atoms with Crippen molar-refractivity contribution in [3.63, 3.8) is 0 Å². The summed E-state index contributed by atoms with van der Waals surface area (Å²) in [4.78, 5) is 68.9. The third kappa shape index (κ3) is 13.3. The molecule has 1 aromatic rings. The molecule has 0 saturated carbocycles. The van der Waals surface area contributed by atoms with Gasteiger partial charge < -0.3 is 29.7 Å². The summed E-state index contributed by atoms with van der Waals surface area (Å²) in [7, 11) is 0. The summed E-state index contributed by atoms with van der Waals surface area (Å²) >= 11 is 0. The van der Waals surface area contributed by atoms with Crippen molar-refractivity contribution in [2.75, 3.05) is 26.2 Å². The maximum Gasteiger partial charge on any atom is 0.410 e. The molecule has 258 valence electrons. The number of nitrogens with one attached hydrogen (secondary N) is 2. The van der Waals surface area contributed by atoms with Gasteiger partial charge in [0.05, 0.1) is 5.92 Å². The van der Waals surface area contributed by atoms with Crippen molar-refractivity contribution in [3.05, 3.63) is 35.9 Å². The highest BCUT2D eigenvalue weighted by atomic mass is 16.6. The smallest absolute Gasteiger partial charge is 0.410 e. The first-order chi connectivity index (χ1) is 21.2. The maximum atomic E-state index is 13.6. The molecule has 12 heteroatoms. The van der Waals surface area contributed by atoms with E-state index < -0.39 is 64.8 Å². The topological polar surface area (TPSA) is 144 Å². The molecule has 1 saturated heterocycles. The highest BCUT2D eigenvalue weighted by molar-refractivity contribution is 5.87. The van der Waals surface area contributed by atoms with E-state index in [1.807, 2.05) is 30.3 Å². The molecule has 0 aromatic heterocycles. The number of carbonyl (C=O) groups is 5. The molecule has 3 atom stereocenters. The van der Waals surface area contributed by atoms with Crippen molar-refractivity contribution in [2.45, 2.75) is 117 Å². The Morgan fingerprint density at radius 1 is 0.870 bits per heavy atom. The van der Waals surface area contributed by atoms with E-state index in [9.17, 15) is 24.0 Å². The molecule has 1 fully saturated rings. The number of carbonyl (C=O) groups excluding carboxylic acids is 5. The van der Waals surface area contributed by atoms with Crippen LogP contribution >= 0.6 is 0 Å². The lowest BCUT2D eigenvalue weighted by molar-refractivity contribution is -0.161. The lowest BCUT2D eigenvalue weighted by Crippen LogP contribution is -2.53. The van der Waals surface area contributed by atoms with E-state index in [4.69, 9.17) is 14.2 Å². The quantitative estimate of drug-likeness (QED) is 0.265. The fourth-order valence-corrected chi connectivity index (χ4v) is 4.81. The van der Waals surface area contributed by atoms with Crippen LogP contribution in [0.5, 0.6) is 0 Å². The zero-order valence-electron chi connectivity index (χ0n) is 29.2. The minimum absolute atomic E-state index is 0.0929. The van der Waals surface area contributed by atoms with Gasteiger partial charge in [-0.15, -0.1) is 0 Å². The largest absolute Gasteiger partial charge is 0.460 e. The molecule has 0 aliphatic carbocycles. The molecule has 2 rings (SSSR count). The van der Waals surface area contributed by atoms with E-state index in [0.29, 0.717) is 19.4 Å². The monoisotopic (exact) mass is 646 g/mol. The Hall–Kier alpha value is -3.83. The Morgan fingerprint density at radius 3 is 1.98 bits per heavy atom. The number of hydrogen-bond acceptors (Lipinski definition) is 8. The molecule has 2 N–H and O–H groups in total. The second-order valence-corrected chi connectivity index (χ2v) is 14.6. The molecular weight excluding hydrogens is 592 g/mol. The van der Waals surface area contributed by atoms with E-state index in [0.717, 1.165) is 5.56 Å². The predicted molar refractivity (Wildman–Crippen MR) is 174 cm³/mol. The van der Waals surface area contributed by atoms with Crippen LogP contribution in [0.25, 0.3) is 0 Å². The van der Waals surface area contributed by atoms with Gasteiger partial charge in [0.1, 0.15) is 28.9 Å². The minimum atomic E-state index is -0.982. The van der Waals surface area contributed by atoms with E-state index in [-0.39, 0.29) is 26.1 Å². The van der Waals surface area contributed by atoms with E-state index >= 15 is 0 Å². The van der Waals surface area contributed by atoms with E-state index in [1.54, 1.807) is 69.2 Å². The molecule has 4 amide bonds. The van der Waals surface area contributed by atoms with Gasteiger partial charge in [-0.25, -0.2) is 14.4 Å². The molecule has 0 radical (unpaired) electrons. The molecule has 1 aromatic carbocycles. The third-order valence-corrected chi connectivity index (χ3v) is 6.83. The second kappa shape index (κ2) is 16.1. The summed E-state index contributed by atoms with van der Waals surface area (Å²) in [5.74, 6) is -2.53. The van der Waals surface area contributed by atoms with Crippen LogP contribution in [-0.4, -0.2) is 94.8 Å². The zero-order valence-corrected chi connectivity index (χ0v) is 29.2. The van der Waals surface area contributed by atoms with Crippen LogP contribution < -0.4 is 10.6 Å². The number of likely N-dealkylation sites (tertiary alicyclic amines) is 1. The van der Waals surface area contributed by atoms with Crippen LogP contribution in [-0.2, 0) is 35.0 Å². The average molecular weight is 647 g/mol. The van der Waals surface area contributed by atoms with Crippen LogP contribution in [0.3, 0.4) is 0 Å². The van der Waals surface area contributed by atoms with Gasteiger partial charge in [-0.3, -0.25) is 14.5 Å². The summed E-state index contributed by atoms with van der Waals surface area (Å²) in [5, 5.41) is 5.60. The Morgan fingerprint density at radius 2 is 1.43 bits per heavy atom. The van der Waals surface area contributed by atoms with Gasteiger partial charge in [-0.05, 0) is 87.6 Å². The number of nitrogens with zero attached hydrogens (tertiary/aromatic N) is 2. The van der Waals surface area contributed by atoms with Crippen molar-refractivity contribution in [3.8, 4) is 0 Å². The Kier molecular flexibility index (Phi) is 13.5. The second-order valence-electron chi connectivity index (χ2n) is 14.6. The van der Waals surface area contributed by atoms with Crippen LogP contribution in [0.2, 0.25) is 0 Å². The fourth-order valence-electron chi connectivity index (χ4n) is 4.81. The molecule has 1 aliphatic heterocycles. The number of hydrogen-bond donors (Lipinski definition) is 2. The molecule has 1 aliphatic rings. The third-order valence-electron chi connectivity index (χ3n) is 6.83. The standard InChI is InChI=1S/C34H54N4O8/c1-11-37(30(42)36-25(29(41)45-33(5,6)7)20-23-16-13-12-14-17-23)22-24(28(40)44-32(2,3)4)21-35-27(39)26-18-15-19-38(26)31(43)46-34(8,9)10/h12-14,16-17,24-26H,11,15,18-22H2,1-10H3,(H,35,39)(H,36,42)/t24-,25+,26+/m1/s1. The molecular formula is C34H54N4O8. The van der Waals surface area contributed by atoms with Crippen molar-refractivity contribution >= 4 is 30.0 Å². The Labute approximate surface area is 273 Å². The number of ether oxygens (including phenoxy) is 3. The summed E-state index contributed by atoms with van der Waals surface area (Å²) in [6.07, 6.45) is 0.732. The molecule has 0 bridgehead atoms. The summed E-state index contributed by atoms with van der Waals surface area (Å²) in [6.45, 7) is 17.9. The molecule has 1 heterocycles. The van der Waals surface area contributed by atoms with Crippen molar-refractivity contribution in [2.24, 2.45) is 5.92 Å². The minimum Gasteiger partial charge on any atom is -0.460 e. The average Bonchev–Trinajstić information content (AvgIpc) is 3.41. The van der Waals surface area contributed by atoms with Crippen molar-refractivity contribution in [1.29, 1.82) is 0 Å². The first-order valence-electron chi connectivity index (χ1n) is 16.0. The van der Waals surface area contributed by atoms with Crippen molar-refractivity contribution < 1.29 is 38.2 Å². The number of benzene rings is 1. The highest BCUT2D eigenvalue weighted by Gasteiger charge is 2.38. The number of amides is 4.